The van der Waals surface area contributed by atoms with Gasteiger partial charge in [0.2, 0.25) is 0 Å². The Morgan fingerprint density at radius 1 is 1.31 bits per heavy atom. The summed E-state index contributed by atoms with van der Waals surface area (Å²) in [6, 6.07) is 3.68. The summed E-state index contributed by atoms with van der Waals surface area (Å²) in [7, 11) is 3.20. The third kappa shape index (κ3) is 2.38. The van der Waals surface area contributed by atoms with E-state index in [1.54, 1.807) is 21.1 Å². The Bertz CT molecular complexity index is 401. The van der Waals surface area contributed by atoms with Gasteiger partial charge in [0.05, 0.1) is 14.2 Å². The maximum Gasteiger partial charge on any atom is 0.147 e. The molecule has 0 N–H and O–H groups in total. The lowest BCUT2D eigenvalue weighted by molar-refractivity contribution is -0.116. The highest BCUT2D eigenvalue weighted by molar-refractivity contribution is 9.09. The number of alkyl halides is 1. The largest absolute Gasteiger partial charge is 0.496 e. The van der Waals surface area contributed by atoms with Crippen molar-refractivity contribution < 1.29 is 14.3 Å². The molecule has 0 aromatic heterocycles. The lowest BCUT2D eigenvalue weighted by atomic mass is 10.0. The molecule has 1 aromatic rings. The Morgan fingerprint density at radius 3 is 2.38 bits per heavy atom. The summed E-state index contributed by atoms with van der Waals surface area (Å²) < 4.78 is 10.5. The summed E-state index contributed by atoms with van der Waals surface area (Å²) in [4.78, 5) is 11.0. The van der Waals surface area contributed by atoms with E-state index in [2.05, 4.69) is 15.9 Å². The predicted octanol–water partition coefficient (Wildman–Crippen LogP) is 3.04. The molecule has 0 spiro atoms. The van der Waals surface area contributed by atoms with Crippen LogP contribution in [-0.4, -0.2) is 20.0 Å². The fraction of sp³-hybridized carbons (Fsp3) is 0.417. The number of ketones is 1. The Kier molecular flexibility index (Phi) is 4.35. The second-order valence-electron chi connectivity index (χ2n) is 3.49. The first-order valence-corrected chi connectivity index (χ1v) is 5.80. The molecular formula is C12H15BrO3. The molecule has 0 aliphatic carbocycles. The number of Topliss-reactive ketones (excluding diaryl/α,β-unsaturated/α-hetero) is 1. The van der Waals surface area contributed by atoms with Gasteiger partial charge in [-0.2, -0.15) is 0 Å². The monoisotopic (exact) mass is 286 g/mol. The van der Waals surface area contributed by atoms with Gasteiger partial charge in [-0.3, -0.25) is 4.79 Å². The van der Waals surface area contributed by atoms with Crippen LogP contribution >= 0.6 is 15.9 Å². The van der Waals surface area contributed by atoms with E-state index in [-0.39, 0.29) is 10.6 Å². The van der Waals surface area contributed by atoms with Crippen LogP contribution in [0.3, 0.4) is 0 Å². The van der Waals surface area contributed by atoms with Crippen molar-refractivity contribution in [1.82, 2.24) is 0 Å². The SMILES string of the molecule is COc1ccc(C(Br)C(C)=O)c(OC)c1C. The van der Waals surface area contributed by atoms with E-state index in [1.807, 2.05) is 19.1 Å². The fourth-order valence-corrected chi connectivity index (χ4v) is 1.97. The molecule has 1 rings (SSSR count). The van der Waals surface area contributed by atoms with E-state index in [4.69, 9.17) is 9.47 Å². The lowest BCUT2D eigenvalue weighted by Gasteiger charge is -2.16. The first kappa shape index (κ1) is 13.0. The van der Waals surface area contributed by atoms with E-state index >= 15 is 0 Å². The summed E-state index contributed by atoms with van der Waals surface area (Å²) in [5.41, 5.74) is 1.72. The molecule has 1 atom stereocenters. The van der Waals surface area contributed by atoms with Crippen molar-refractivity contribution in [3.05, 3.63) is 23.3 Å². The van der Waals surface area contributed by atoms with Crippen LogP contribution in [0.5, 0.6) is 11.5 Å². The molecule has 1 unspecified atom stereocenters. The number of carbonyl (C=O) groups excluding carboxylic acids is 1. The molecule has 0 heterocycles. The Balaban J connectivity index is 3.31. The minimum atomic E-state index is -0.341. The van der Waals surface area contributed by atoms with Crippen molar-refractivity contribution in [2.45, 2.75) is 18.7 Å². The van der Waals surface area contributed by atoms with Gasteiger partial charge < -0.3 is 9.47 Å². The molecule has 0 fully saturated rings. The number of benzene rings is 1. The minimum absolute atomic E-state index is 0.0443. The molecule has 0 aliphatic rings. The molecule has 16 heavy (non-hydrogen) atoms. The molecule has 88 valence electrons. The molecule has 0 saturated carbocycles. The maximum absolute atomic E-state index is 11.3. The van der Waals surface area contributed by atoms with E-state index < -0.39 is 0 Å². The van der Waals surface area contributed by atoms with Gasteiger partial charge >= 0.3 is 0 Å². The first-order chi connectivity index (χ1) is 7.52. The standard InChI is InChI=1S/C12H15BrO3/c1-7-10(15-3)6-5-9(12(7)16-4)11(13)8(2)14/h5-6,11H,1-4H3. The number of ether oxygens (including phenoxy) is 2. The first-order valence-electron chi connectivity index (χ1n) is 4.89. The molecule has 3 nitrogen and oxygen atoms in total. The number of methoxy groups -OCH3 is 2. The van der Waals surface area contributed by atoms with Gasteiger partial charge in [-0.15, -0.1) is 0 Å². The third-order valence-electron chi connectivity index (χ3n) is 2.44. The summed E-state index contributed by atoms with van der Waals surface area (Å²) in [6.07, 6.45) is 0. The van der Waals surface area contributed by atoms with Crippen LogP contribution in [0.15, 0.2) is 12.1 Å². The van der Waals surface area contributed by atoms with Gasteiger partial charge in [-0.05, 0) is 19.9 Å². The third-order valence-corrected chi connectivity index (χ3v) is 3.58. The predicted molar refractivity (Wildman–Crippen MR) is 66.6 cm³/mol. The lowest BCUT2D eigenvalue weighted by Crippen LogP contribution is -2.05. The van der Waals surface area contributed by atoms with Gasteiger partial charge in [0.25, 0.3) is 0 Å². The quantitative estimate of drug-likeness (QED) is 0.798. The second kappa shape index (κ2) is 5.34. The van der Waals surface area contributed by atoms with E-state index in [1.165, 1.54) is 0 Å². The van der Waals surface area contributed by atoms with Crippen LogP contribution in [0.2, 0.25) is 0 Å². The number of carbonyl (C=O) groups is 1. The van der Waals surface area contributed by atoms with E-state index in [0.717, 1.165) is 16.9 Å². The van der Waals surface area contributed by atoms with Crippen LogP contribution in [-0.2, 0) is 4.79 Å². The average molecular weight is 287 g/mol. The zero-order valence-electron chi connectivity index (χ0n) is 9.83. The van der Waals surface area contributed by atoms with E-state index in [9.17, 15) is 4.79 Å². The highest BCUT2D eigenvalue weighted by Gasteiger charge is 2.20. The zero-order valence-corrected chi connectivity index (χ0v) is 11.4. The van der Waals surface area contributed by atoms with Gasteiger partial charge in [-0.25, -0.2) is 0 Å². The van der Waals surface area contributed by atoms with Crippen molar-refractivity contribution in [3.63, 3.8) is 0 Å². The average Bonchev–Trinajstić information content (AvgIpc) is 2.27. The van der Waals surface area contributed by atoms with Gasteiger partial charge in [-0.1, -0.05) is 22.0 Å². The summed E-state index contributed by atoms with van der Waals surface area (Å²) >= 11 is 3.35. The van der Waals surface area contributed by atoms with Crippen LogP contribution in [0, 0.1) is 6.92 Å². The normalized spacial score (nSPS) is 12.1. The fourth-order valence-electron chi connectivity index (χ4n) is 1.61. The second-order valence-corrected chi connectivity index (χ2v) is 4.40. The number of halogens is 1. The molecule has 0 amide bonds. The topological polar surface area (TPSA) is 35.5 Å². The van der Waals surface area contributed by atoms with Crippen molar-refractivity contribution in [2.24, 2.45) is 0 Å². The molecular weight excluding hydrogens is 272 g/mol. The Labute approximate surface area is 104 Å². The zero-order chi connectivity index (χ0) is 12.3. The van der Waals surface area contributed by atoms with Crippen LogP contribution < -0.4 is 9.47 Å². The van der Waals surface area contributed by atoms with Gasteiger partial charge in [0.15, 0.2) is 0 Å². The Hall–Kier alpha value is -1.03. The Morgan fingerprint density at radius 2 is 1.94 bits per heavy atom. The number of hydrogen-bond acceptors (Lipinski definition) is 3. The minimum Gasteiger partial charge on any atom is -0.496 e. The summed E-state index contributed by atoms with van der Waals surface area (Å²) in [5.74, 6) is 1.49. The maximum atomic E-state index is 11.3. The smallest absolute Gasteiger partial charge is 0.147 e. The highest BCUT2D eigenvalue weighted by atomic mass is 79.9. The molecule has 0 radical (unpaired) electrons. The molecule has 4 heteroatoms. The van der Waals surface area contributed by atoms with Crippen molar-refractivity contribution >= 4 is 21.7 Å². The van der Waals surface area contributed by atoms with Gasteiger partial charge in [0.1, 0.15) is 22.1 Å². The van der Waals surface area contributed by atoms with E-state index in [0.29, 0.717) is 5.75 Å². The van der Waals surface area contributed by atoms with Crippen LogP contribution in [0.4, 0.5) is 0 Å². The van der Waals surface area contributed by atoms with Crippen molar-refractivity contribution in [1.29, 1.82) is 0 Å². The molecule has 1 aromatic carbocycles. The summed E-state index contributed by atoms with van der Waals surface area (Å²) in [6.45, 7) is 3.44. The molecule has 0 bridgehead atoms. The molecule has 0 saturated heterocycles. The molecule has 0 aliphatic heterocycles. The van der Waals surface area contributed by atoms with Crippen LogP contribution in [0.25, 0.3) is 0 Å². The number of rotatable bonds is 4. The van der Waals surface area contributed by atoms with Gasteiger partial charge in [0, 0.05) is 11.1 Å². The number of hydrogen-bond donors (Lipinski definition) is 0. The van der Waals surface area contributed by atoms with Crippen molar-refractivity contribution in [3.8, 4) is 11.5 Å². The summed E-state index contributed by atoms with van der Waals surface area (Å²) in [5, 5.41) is 0. The highest BCUT2D eigenvalue weighted by Crippen LogP contribution is 2.38. The van der Waals surface area contributed by atoms with Crippen LogP contribution in [0.1, 0.15) is 22.9 Å². The van der Waals surface area contributed by atoms with Crippen molar-refractivity contribution in [2.75, 3.05) is 14.2 Å².